The topological polar surface area (TPSA) is 76.8 Å². The lowest BCUT2D eigenvalue weighted by Crippen LogP contribution is -2.34. The SMILES string of the molecule is CC(=O)N(C(C)=O)c1c(OC(C)C)ccc2c3c(c(=O)oc12)CCCC3. The summed E-state index contributed by atoms with van der Waals surface area (Å²) in [7, 11) is 0. The minimum Gasteiger partial charge on any atom is -0.489 e. The van der Waals surface area contributed by atoms with E-state index in [0.717, 1.165) is 35.1 Å². The Morgan fingerprint density at radius 1 is 1.08 bits per heavy atom. The second kappa shape index (κ2) is 6.94. The molecule has 0 atom stereocenters. The Kier molecular flexibility index (Phi) is 4.85. The standard InChI is InChI=1S/C20H23NO5/c1-11(2)25-17-10-9-15-14-7-5-6-8-16(14)20(24)26-19(15)18(17)21(12(3)22)13(4)23/h9-11H,5-8H2,1-4H3. The number of amides is 2. The van der Waals surface area contributed by atoms with Gasteiger partial charge in [0.25, 0.3) is 0 Å². The van der Waals surface area contributed by atoms with Gasteiger partial charge in [0.1, 0.15) is 11.4 Å². The van der Waals surface area contributed by atoms with Crippen molar-refractivity contribution < 1.29 is 18.7 Å². The van der Waals surface area contributed by atoms with E-state index >= 15 is 0 Å². The number of carbonyl (C=O) groups excluding carboxylic acids is 2. The fraction of sp³-hybridized carbons (Fsp3) is 0.450. The van der Waals surface area contributed by atoms with Gasteiger partial charge in [0, 0.05) is 24.8 Å². The van der Waals surface area contributed by atoms with Crippen molar-refractivity contribution in [1.82, 2.24) is 0 Å². The number of fused-ring (bicyclic) bond motifs is 3. The molecule has 0 bridgehead atoms. The maximum atomic E-state index is 12.5. The summed E-state index contributed by atoms with van der Waals surface area (Å²) in [6.45, 7) is 6.30. The van der Waals surface area contributed by atoms with Crippen molar-refractivity contribution in [2.75, 3.05) is 4.90 Å². The zero-order valence-corrected chi connectivity index (χ0v) is 15.5. The van der Waals surface area contributed by atoms with Crippen LogP contribution in [0.2, 0.25) is 0 Å². The van der Waals surface area contributed by atoms with Gasteiger partial charge in [0.2, 0.25) is 11.8 Å². The van der Waals surface area contributed by atoms with Crippen molar-refractivity contribution in [2.24, 2.45) is 0 Å². The van der Waals surface area contributed by atoms with E-state index in [1.165, 1.54) is 13.8 Å². The van der Waals surface area contributed by atoms with Crippen LogP contribution in [-0.4, -0.2) is 17.9 Å². The van der Waals surface area contributed by atoms with E-state index in [-0.39, 0.29) is 17.4 Å². The number of hydrogen-bond donors (Lipinski definition) is 0. The highest BCUT2D eigenvalue weighted by Gasteiger charge is 2.28. The van der Waals surface area contributed by atoms with Crippen LogP contribution in [-0.2, 0) is 22.4 Å². The Morgan fingerprint density at radius 2 is 1.69 bits per heavy atom. The van der Waals surface area contributed by atoms with E-state index < -0.39 is 17.4 Å². The summed E-state index contributed by atoms with van der Waals surface area (Å²) in [6, 6.07) is 3.59. The molecule has 1 aromatic heterocycles. The molecule has 1 aliphatic rings. The van der Waals surface area contributed by atoms with Crippen LogP contribution in [0.25, 0.3) is 11.0 Å². The minimum atomic E-state index is -0.459. The summed E-state index contributed by atoms with van der Waals surface area (Å²) in [5, 5.41) is 0.762. The molecule has 2 aromatic rings. The van der Waals surface area contributed by atoms with Crippen molar-refractivity contribution in [1.29, 1.82) is 0 Å². The van der Waals surface area contributed by atoms with Gasteiger partial charge < -0.3 is 9.15 Å². The van der Waals surface area contributed by atoms with Gasteiger partial charge >= 0.3 is 5.63 Å². The van der Waals surface area contributed by atoms with Crippen molar-refractivity contribution in [2.45, 2.75) is 59.5 Å². The minimum absolute atomic E-state index is 0.170. The molecule has 0 N–H and O–H groups in total. The van der Waals surface area contributed by atoms with Gasteiger partial charge in [-0.25, -0.2) is 9.69 Å². The summed E-state index contributed by atoms with van der Waals surface area (Å²) in [5.41, 5.74) is 1.69. The second-order valence-corrected chi connectivity index (χ2v) is 6.88. The Morgan fingerprint density at radius 3 is 2.27 bits per heavy atom. The van der Waals surface area contributed by atoms with Gasteiger partial charge in [-0.2, -0.15) is 0 Å². The summed E-state index contributed by atoms with van der Waals surface area (Å²) < 4.78 is 11.4. The van der Waals surface area contributed by atoms with E-state index in [1.54, 1.807) is 6.07 Å². The van der Waals surface area contributed by atoms with E-state index in [1.807, 2.05) is 19.9 Å². The van der Waals surface area contributed by atoms with Crippen molar-refractivity contribution in [3.63, 3.8) is 0 Å². The van der Waals surface area contributed by atoms with Gasteiger partial charge in [0.05, 0.1) is 6.10 Å². The molecule has 0 aliphatic heterocycles. The maximum absolute atomic E-state index is 12.5. The normalized spacial score (nSPS) is 13.6. The highest BCUT2D eigenvalue weighted by atomic mass is 16.5. The molecular formula is C20H23NO5. The van der Waals surface area contributed by atoms with E-state index in [0.29, 0.717) is 17.7 Å². The lowest BCUT2D eigenvalue weighted by Gasteiger charge is -2.24. The molecule has 138 valence electrons. The average Bonchev–Trinajstić information content (AvgIpc) is 2.56. The van der Waals surface area contributed by atoms with Crippen LogP contribution in [0.3, 0.4) is 0 Å². The third-order valence-electron chi connectivity index (χ3n) is 4.54. The third-order valence-corrected chi connectivity index (χ3v) is 4.54. The Balaban J connectivity index is 2.40. The molecule has 1 aromatic carbocycles. The predicted molar refractivity (Wildman–Crippen MR) is 98.7 cm³/mol. The second-order valence-electron chi connectivity index (χ2n) is 6.88. The number of imide groups is 1. The van der Waals surface area contributed by atoms with Crippen LogP contribution in [0.1, 0.15) is 51.7 Å². The molecule has 6 heteroatoms. The van der Waals surface area contributed by atoms with Crippen LogP contribution in [0.15, 0.2) is 21.3 Å². The van der Waals surface area contributed by atoms with E-state index in [9.17, 15) is 14.4 Å². The van der Waals surface area contributed by atoms with Crippen LogP contribution in [0.4, 0.5) is 5.69 Å². The summed E-state index contributed by atoms with van der Waals surface area (Å²) >= 11 is 0. The number of carbonyl (C=O) groups is 2. The van der Waals surface area contributed by atoms with E-state index in [2.05, 4.69) is 0 Å². The number of ether oxygens (including phenoxy) is 1. The molecule has 2 amide bonds. The lowest BCUT2D eigenvalue weighted by molar-refractivity contribution is -0.124. The van der Waals surface area contributed by atoms with Crippen molar-refractivity contribution >= 4 is 28.5 Å². The first-order chi connectivity index (χ1) is 12.3. The largest absolute Gasteiger partial charge is 0.489 e. The molecule has 26 heavy (non-hydrogen) atoms. The molecular weight excluding hydrogens is 334 g/mol. The van der Waals surface area contributed by atoms with Crippen molar-refractivity contribution in [3.05, 3.63) is 33.7 Å². The van der Waals surface area contributed by atoms with Gasteiger partial charge in [-0.3, -0.25) is 9.59 Å². The predicted octanol–water partition coefficient (Wildman–Crippen LogP) is 3.36. The van der Waals surface area contributed by atoms with Crippen molar-refractivity contribution in [3.8, 4) is 5.75 Å². The van der Waals surface area contributed by atoms with E-state index in [4.69, 9.17) is 9.15 Å². The zero-order chi connectivity index (χ0) is 19.0. The first-order valence-corrected chi connectivity index (χ1v) is 8.90. The first-order valence-electron chi connectivity index (χ1n) is 8.90. The van der Waals surface area contributed by atoms with Gasteiger partial charge in [-0.15, -0.1) is 0 Å². The van der Waals surface area contributed by atoms with Crippen LogP contribution in [0, 0.1) is 0 Å². The molecule has 0 saturated carbocycles. The van der Waals surface area contributed by atoms with Gasteiger partial charge in [0.15, 0.2) is 5.58 Å². The molecule has 0 radical (unpaired) electrons. The average molecular weight is 357 g/mol. The maximum Gasteiger partial charge on any atom is 0.339 e. The van der Waals surface area contributed by atoms with Crippen LogP contribution in [0.5, 0.6) is 5.75 Å². The molecule has 3 rings (SSSR count). The molecule has 1 heterocycles. The van der Waals surface area contributed by atoms with Gasteiger partial charge in [-0.1, -0.05) is 0 Å². The monoisotopic (exact) mass is 357 g/mol. The van der Waals surface area contributed by atoms with Gasteiger partial charge in [-0.05, 0) is 57.2 Å². The molecule has 0 fully saturated rings. The number of aryl methyl sites for hydroxylation is 1. The summed E-state index contributed by atoms with van der Waals surface area (Å²) in [5.74, 6) is -0.574. The fourth-order valence-electron chi connectivity index (χ4n) is 3.57. The summed E-state index contributed by atoms with van der Waals surface area (Å²) in [4.78, 5) is 37.9. The van der Waals surface area contributed by atoms with Crippen LogP contribution < -0.4 is 15.3 Å². The molecule has 0 unspecified atom stereocenters. The highest BCUT2D eigenvalue weighted by Crippen LogP contribution is 2.39. The molecule has 0 spiro atoms. The molecule has 0 saturated heterocycles. The Hall–Kier alpha value is -2.63. The first kappa shape index (κ1) is 18.2. The highest BCUT2D eigenvalue weighted by molar-refractivity contribution is 6.18. The Bertz CT molecular complexity index is 927. The number of nitrogens with zero attached hydrogens (tertiary/aromatic N) is 1. The smallest absolute Gasteiger partial charge is 0.339 e. The van der Waals surface area contributed by atoms with Crippen LogP contribution >= 0.6 is 0 Å². The number of anilines is 1. The number of rotatable bonds is 3. The Labute approximate surface area is 151 Å². The lowest BCUT2D eigenvalue weighted by atomic mass is 9.90. The quantitative estimate of drug-likeness (QED) is 0.787. The fourth-order valence-corrected chi connectivity index (χ4v) is 3.57. The molecule has 6 nitrogen and oxygen atoms in total. The summed E-state index contributed by atoms with van der Waals surface area (Å²) in [6.07, 6.45) is 3.25. The number of benzene rings is 1. The number of hydrogen-bond acceptors (Lipinski definition) is 5. The third kappa shape index (κ3) is 3.11. The zero-order valence-electron chi connectivity index (χ0n) is 15.5. The molecule has 1 aliphatic carbocycles.